The number of nitrogens with one attached hydrogen (secondary N) is 2. The fourth-order valence-corrected chi connectivity index (χ4v) is 2.40. The Kier molecular flexibility index (Phi) is 4.59. The molecule has 0 fully saturated rings. The summed E-state index contributed by atoms with van der Waals surface area (Å²) in [6, 6.07) is 3.87. The monoisotopic (exact) mass is 296 g/mol. The van der Waals surface area contributed by atoms with Crippen LogP contribution in [-0.4, -0.2) is 23.3 Å². The number of hydrogen-bond donors (Lipinski definition) is 3. The van der Waals surface area contributed by atoms with E-state index in [1.807, 2.05) is 17.5 Å². The highest BCUT2D eigenvalue weighted by Crippen LogP contribution is 2.14. The van der Waals surface area contributed by atoms with E-state index in [4.69, 9.17) is 10.5 Å². The van der Waals surface area contributed by atoms with E-state index in [9.17, 15) is 9.59 Å². The Morgan fingerprint density at radius 3 is 2.95 bits per heavy atom. The van der Waals surface area contributed by atoms with Crippen LogP contribution in [0, 0.1) is 0 Å². The van der Waals surface area contributed by atoms with Gasteiger partial charge in [-0.2, -0.15) is 0 Å². The highest BCUT2D eigenvalue weighted by Gasteiger charge is 2.11. The summed E-state index contributed by atoms with van der Waals surface area (Å²) in [6.07, 6.45) is 0. The molecule has 108 valence electrons. The third-order valence-electron chi connectivity index (χ3n) is 2.78. The van der Waals surface area contributed by atoms with Crippen molar-refractivity contribution >= 4 is 22.8 Å². The summed E-state index contributed by atoms with van der Waals surface area (Å²) in [5.74, 6) is 0.118. The normalized spacial score (nSPS) is 10.7. The van der Waals surface area contributed by atoms with E-state index < -0.39 is 11.2 Å². The van der Waals surface area contributed by atoms with Gasteiger partial charge in [0.1, 0.15) is 11.5 Å². The van der Waals surface area contributed by atoms with E-state index in [-0.39, 0.29) is 18.1 Å². The Labute approximate surface area is 119 Å². The van der Waals surface area contributed by atoms with Crippen molar-refractivity contribution in [1.29, 1.82) is 0 Å². The standard InChI is InChI=1S/C12H16N4O3S/c1-19-5-4-16-10(13)9(11(17)15-12(16)18)14-7-8-3-2-6-20-8/h2-3,6,14H,4-5,7,13H2,1H3,(H,15,17,18). The number of hydrogen-bond acceptors (Lipinski definition) is 6. The number of thiophene rings is 1. The number of anilines is 2. The minimum atomic E-state index is -0.536. The Bertz CT molecular complexity index is 675. The Morgan fingerprint density at radius 1 is 1.50 bits per heavy atom. The molecular formula is C12H16N4O3S. The molecule has 0 spiro atoms. The fraction of sp³-hybridized carbons (Fsp3) is 0.333. The molecule has 20 heavy (non-hydrogen) atoms. The quantitative estimate of drug-likeness (QED) is 0.718. The van der Waals surface area contributed by atoms with Gasteiger partial charge in [0.2, 0.25) is 0 Å². The molecule has 2 aromatic heterocycles. The zero-order chi connectivity index (χ0) is 14.5. The first-order valence-corrected chi connectivity index (χ1v) is 6.89. The van der Waals surface area contributed by atoms with E-state index in [0.717, 1.165) is 4.88 Å². The van der Waals surface area contributed by atoms with Crippen LogP contribution in [0.3, 0.4) is 0 Å². The summed E-state index contributed by atoms with van der Waals surface area (Å²) in [4.78, 5) is 26.8. The van der Waals surface area contributed by atoms with Gasteiger partial charge in [-0.15, -0.1) is 11.3 Å². The molecule has 0 unspecified atom stereocenters. The molecule has 4 N–H and O–H groups in total. The Morgan fingerprint density at radius 2 is 2.30 bits per heavy atom. The van der Waals surface area contributed by atoms with E-state index in [2.05, 4.69) is 10.3 Å². The molecule has 0 radical (unpaired) electrons. The van der Waals surface area contributed by atoms with Crippen LogP contribution in [0.1, 0.15) is 4.88 Å². The first kappa shape index (κ1) is 14.4. The first-order chi connectivity index (χ1) is 9.63. The number of nitrogens with two attached hydrogens (primary N) is 1. The van der Waals surface area contributed by atoms with Crippen molar-refractivity contribution in [2.24, 2.45) is 0 Å². The van der Waals surface area contributed by atoms with Crippen LogP contribution in [0.5, 0.6) is 0 Å². The van der Waals surface area contributed by atoms with E-state index in [1.54, 1.807) is 11.3 Å². The predicted octanol–water partition coefficient (Wildman–Crippen LogP) is 0.439. The molecule has 0 saturated carbocycles. The van der Waals surface area contributed by atoms with Gasteiger partial charge in [0.25, 0.3) is 5.56 Å². The molecule has 2 aromatic rings. The van der Waals surface area contributed by atoms with Gasteiger partial charge in [0, 0.05) is 18.5 Å². The van der Waals surface area contributed by atoms with Crippen molar-refractivity contribution < 1.29 is 4.74 Å². The maximum Gasteiger partial charge on any atom is 0.330 e. The molecule has 0 aliphatic rings. The SMILES string of the molecule is COCCn1c(N)c(NCc2cccs2)c(=O)[nH]c1=O. The van der Waals surface area contributed by atoms with Crippen molar-refractivity contribution in [2.45, 2.75) is 13.1 Å². The smallest absolute Gasteiger partial charge is 0.330 e. The van der Waals surface area contributed by atoms with Gasteiger partial charge in [-0.25, -0.2) is 4.79 Å². The topological polar surface area (TPSA) is 102 Å². The van der Waals surface area contributed by atoms with Gasteiger partial charge in [-0.3, -0.25) is 14.3 Å². The minimum Gasteiger partial charge on any atom is -0.383 e. The van der Waals surface area contributed by atoms with Gasteiger partial charge >= 0.3 is 5.69 Å². The number of aromatic nitrogens is 2. The average molecular weight is 296 g/mol. The predicted molar refractivity (Wildman–Crippen MR) is 79.3 cm³/mol. The third-order valence-corrected chi connectivity index (χ3v) is 3.65. The maximum absolute atomic E-state index is 11.8. The molecule has 0 saturated heterocycles. The molecule has 0 aliphatic carbocycles. The second-order valence-corrected chi connectivity index (χ2v) is 5.13. The zero-order valence-corrected chi connectivity index (χ0v) is 11.8. The zero-order valence-electron chi connectivity index (χ0n) is 11.0. The summed E-state index contributed by atoms with van der Waals surface area (Å²) >= 11 is 1.57. The van der Waals surface area contributed by atoms with Crippen LogP contribution >= 0.6 is 11.3 Å². The Hall–Kier alpha value is -2.06. The molecule has 2 rings (SSSR count). The maximum atomic E-state index is 11.8. The molecule has 7 nitrogen and oxygen atoms in total. The lowest BCUT2D eigenvalue weighted by Crippen LogP contribution is -2.34. The molecule has 0 amide bonds. The number of nitrogen functional groups attached to an aromatic ring is 1. The molecule has 0 aliphatic heterocycles. The van der Waals surface area contributed by atoms with Crippen molar-refractivity contribution in [1.82, 2.24) is 9.55 Å². The summed E-state index contributed by atoms with van der Waals surface area (Å²) in [5.41, 5.74) is 5.04. The number of ether oxygens (including phenoxy) is 1. The van der Waals surface area contributed by atoms with Crippen LogP contribution in [0.15, 0.2) is 27.1 Å². The largest absolute Gasteiger partial charge is 0.383 e. The lowest BCUT2D eigenvalue weighted by molar-refractivity contribution is 0.186. The molecule has 0 atom stereocenters. The fourth-order valence-electron chi connectivity index (χ4n) is 1.75. The number of aromatic amines is 1. The molecule has 8 heteroatoms. The van der Waals surface area contributed by atoms with Crippen LogP contribution in [-0.2, 0) is 17.8 Å². The first-order valence-electron chi connectivity index (χ1n) is 6.01. The summed E-state index contributed by atoms with van der Waals surface area (Å²) in [6.45, 7) is 1.10. The van der Waals surface area contributed by atoms with Gasteiger partial charge in [-0.1, -0.05) is 6.07 Å². The van der Waals surface area contributed by atoms with Crippen molar-refractivity contribution in [3.8, 4) is 0 Å². The number of methoxy groups -OCH3 is 1. The highest BCUT2D eigenvalue weighted by atomic mass is 32.1. The van der Waals surface area contributed by atoms with Crippen LogP contribution in [0.25, 0.3) is 0 Å². The Balaban J connectivity index is 2.27. The average Bonchev–Trinajstić information content (AvgIpc) is 2.91. The number of nitrogens with zero attached hydrogens (tertiary/aromatic N) is 1. The lowest BCUT2D eigenvalue weighted by Gasteiger charge is -2.13. The summed E-state index contributed by atoms with van der Waals surface area (Å²) in [7, 11) is 1.53. The van der Waals surface area contributed by atoms with Gasteiger partial charge in [0.15, 0.2) is 0 Å². The molecular weight excluding hydrogens is 280 g/mol. The van der Waals surface area contributed by atoms with Crippen LogP contribution < -0.4 is 22.3 Å². The second-order valence-electron chi connectivity index (χ2n) is 4.10. The number of H-pyrrole nitrogens is 1. The van der Waals surface area contributed by atoms with Gasteiger partial charge in [-0.05, 0) is 11.4 Å². The van der Waals surface area contributed by atoms with E-state index in [0.29, 0.717) is 13.2 Å². The van der Waals surface area contributed by atoms with Gasteiger partial charge in [0.05, 0.1) is 13.2 Å². The van der Waals surface area contributed by atoms with Gasteiger partial charge < -0.3 is 15.8 Å². The van der Waals surface area contributed by atoms with Crippen LogP contribution in [0.2, 0.25) is 0 Å². The van der Waals surface area contributed by atoms with E-state index in [1.165, 1.54) is 11.7 Å². The molecule has 0 bridgehead atoms. The highest BCUT2D eigenvalue weighted by molar-refractivity contribution is 7.09. The van der Waals surface area contributed by atoms with E-state index >= 15 is 0 Å². The second kappa shape index (κ2) is 6.40. The van der Waals surface area contributed by atoms with Crippen LogP contribution in [0.4, 0.5) is 11.5 Å². The minimum absolute atomic E-state index is 0.118. The van der Waals surface area contributed by atoms with Crippen molar-refractivity contribution in [3.05, 3.63) is 43.2 Å². The third kappa shape index (κ3) is 3.09. The molecule has 0 aromatic carbocycles. The molecule has 2 heterocycles. The lowest BCUT2D eigenvalue weighted by atomic mass is 10.4. The summed E-state index contributed by atoms with van der Waals surface area (Å²) < 4.78 is 6.20. The van der Waals surface area contributed by atoms with Crippen molar-refractivity contribution in [2.75, 3.05) is 24.8 Å². The van der Waals surface area contributed by atoms with Crippen molar-refractivity contribution in [3.63, 3.8) is 0 Å². The summed E-state index contributed by atoms with van der Waals surface area (Å²) in [5, 5.41) is 4.92. The number of rotatable bonds is 6.